The van der Waals surface area contributed by atoms with Crippen molar-refractivity contribution in [3.63, 3.8) is 0 Å². The molecular formula is C8H8N2O5. The molecule has 80 valence electrons. The first-order valence-electron chi connectivity index (χ1n) is 3.88. The summed E-state index contributed by atoms with van der Waals surface area (Å²) >= 11 is 0. The van der Waals surface area contributed by atoms with Crippen LogP contribution < -0.4 is 10.7 Å². The summed E-state index contributed by atoms with van der Waals surface area (Å²) in [6, 6.07) is 0.674. The van der Waals surface area contributed by atoms with E-state index < -0.39 is 28.6 Å². The number of amides is 1. The van der Waals surface area contributed by atoms with E-state index in [1.807, 2.05) is 5.32 Å². The summed E-state index contributed by atoms with van der Waals surface area (Å²) < 4.78 is 0.217. The van der Waals surface area contributed by atoms with Gasteiger partial charge in [0.2, 0.25) is 5.43 Å². The number of Topliss-reactive ketones (excluding diaryl/α,β-unsaturated/α-hetero) is 1. The van der Waals surface area contributed by atoms with Gasteiger partial charge in [-0.25, -0.2) is 0 Å². The molecule has 15 heavy (non-hydrogen) atoms. The van der Waals surface area contributed by atoms with Crippen molar-refractivity contribution in [3.05, 3.63) is 28.2 Å². The van der Waals surface area contributed by atoms with E-state index in [2.05, 4.69) is 0 Å². The zero-order valence-corrected chi connectivity index (χ0v) is 7.72. The lowest BCUT2D eigenvalue weighted by Crippen LogP contribution is -2.30. The van der Waals surface area contributed by atoms with Crippen LogP contribution in [0.1, 0.15) is 10.5 Å². The molecule has 7 heteroatoms. The molecule has 1 amide bonds. The molecule has 0 unspecified atom stereocenters. The van der Waals surface area contributed by atoms with E-state index >= 15 is 0 Å². The van der Waals surface area contributed by atoms with Gasteiger partial charge in [0.15, 0.2) is 5.75 Å². The number of carbonyl (C=O) groups excluding carboxylic acids is 2. The summed E-state index contributed by atoms with van der Waals surface area (Å²) in [7, 11) is 1.24. The molecule has 0 aliphatic rings. The van der Waals surface area contributed by atoms with Crippen LogP contribution in [0.25, 0.3) is 0 Å². The number of carbonyl (C=O) groups is 2. The highest BCUT2D eigenvalue weighted by molar-refractivity contribution is 6.42. The quantitative estimate of drug-likeness (QED) is 0.321. The van der Waals surface area contributed by atoms with Crippen molar-refractivity contribution in [1.82, 2.24) is 10.0 Å². The number of hydrogen-bond donors (Lipinski definition) is 3. The Morgan fingerprint density at radius 3 is 2.60 bits per heavy atom. The standard InChI is InChI=1S/C8H8N2O5/c1-9-8(14)7(13)4-2-5(11)6(12)3-10(4)15/h2-3,12,15H,1H3,(H,9,14). The Balaban J connectivity index is 3.27. The molecule has 0 saturated heterocycles. The molecule has 1 aromatic rings. The SMILES string of the molecule is CNC(=O)C(=O)c1cc(=O)c(O)cn1O. The van der Waals surface area contributed by atoms with Gasteiger partial charge in [0.1, 0.15) is 5.69 Å². The lowest BCUT2D eigenvalue weighted by atomic mass is 10.2. The first-order chi connectivity index (χ1) is 6.97. The summed E-state index contributed by atoms with van der Waals surface area (Å²) in [6.07, 6.45) is 0.637. The van der Waals surface area contributed by atoms with Gasteiger partial charge < -0.3 is 15.6 Å². The minimum absolute atomic E-state index is 0.217. The van der Waals surface area contributed by atoms with Crippen molar-refractivity contribution in [2.45, 2.75) is 0 Å². The number of nitrogens with zero attached hydrogens (tertiary/aromatic N) is 1. The van der Waals surface area contributed by atoms with Crippen LogP contribution in [-0.2, 0) is 4.79 Å². The van der Waals surface area contributed by atoms with Gasteiger partial charge in [-0.3, -0.25) is 14.4 Å². The third kappa shape index (κ3) is 1.96. The van der Waals surface area contributed by atoms with Crippen molar-refractivity contribution in [2.75, 3.05) is 7.05 Å². The summed E-state index contributed by atoms with van der Waals surface area (Å²) in [5, 5.41) is 20.1. The second kappa shape index (κ2) is 3.82. The maximum atomic E-state index is 11.2. The highest BCUT2D eigenvalue weighted by Crippen LogP contribution is 2.03. The molecular weight excluding hydrogens is 204 g/mol. The van der Waals surface area contributed by atoms with Gasteiger partial charge in [-0.15, -0.1) is 0 Å². The van der Waals surface area contributed by atoms with Crippen molar-refractivity contribution >= 4 is 11.7 Å². The largest absolute Gasteiger partial charge is 0.503 e. The highest BCUT2D eigenvalue weighted by Gasteiger charge is 2.19. The maximum Gasteiger partial charge on any atom is 0.293 e. The number of aromatic hydroxyl groups is 1. The van der Waals surface area contributed by atoms with Crippen LogP contribution in [0.4, 0.5) is 0 Å². The number of nitrogens with one attached hydrogen (secondary N) is 1. The maximum absolute atomic E-state index is 11.2. The lowest BCUT2D eigenvalue weighted by molar-refractivity contribution is -0.116. The fourth-order valence-corrected chi connectivity index (χ4v) is 0.913. The molecule has 0 spiro atoms. The van der Waals surface area contributed by atoms with Gasteiger partial charge in [0, 0.05) is 13.1 Å². The molecule has 0 saturated carbocycles. The average molecular weight is 212 g/mol. The Morgan fingerprint density at radius 1 is 1.47 bits per heavy atom. The highest BCUT2D eigenvalue weighted by atomic mass is 16.5. The van der Waals surface area contributed by atoms with Gasteiger partial charge in [0.25, 0.3) is 11.7 Å². The van der Waals surface area contributed by atoms with E-state index in [1.165, 1.54) is 7.05 Å². The van der Waals surface area contributed by atoms with Crippen LogP contribution >= 0.6 is 0 Å². The fraction of sp³-hybridized carbons (Fsp3) is 0.125. The minimum atomic E-state index is -1.07. The van der Waals surface area contributed by atoms with Crippen LogP contribution in [0, 0.1) is 0 Å². The van der Waals surface area contributed by atoms with Crippen LogP contribution in [0.15, 0.2) is 17.1 Å². The predicted molar refractivity (Wildman–Crippen MR) is 47.9 cm³/mol. The molecule has 0 aliphatic heterocycles. The summed E-state index contributed by atoms with van der Waals surface area (Å²) in [5.41, 5.74) is -1.37. The summed E-state index contributed by atoms with van der Waals surface area (Å²) in [6.45, 7) is 0. The van der Waals surface area contributed by atoms with E-state index in [0.29, 0.717) is 12.3 Å². The molecule has 0 aliphatic carbocycles. The zero-order chi connectivity index (χ0) is 11.6. The number of aromatic nitrogens is 1. The topological polar surface area (TPSA) is 109 Å². The molecule has 0 aromatic carbocycles. The number of rotatable bonds is 2. The van der Waals surface area contributed by atoms with Gasteiger partial charge in [0.05, 0.1) is 6.20 Å². The fourth-order valence-electron chi connectivity index (χ4n) is 0.913. The molecule has 1 rings (SSSR count). The Bertz CT molecular complexity index is 476. The van der Waals surface area contributed by atoms with Crippen molar-refractivity contribution in [1.29, 1.82) is 0 Å². The smallest absolute Gasteiger partial charge is 0.293 e. The predicted octanol–water partition coefficient (Wildman–Crippen LogP) is -1.28. The summed E-state index contributed by atoms with van der Waals surface area (Å²) in [5.74, 6) is -2.76. The third-order valence-corrected chi connectivity index (χ3v) is 1.68. The normalized spacial score (nSPS) is 9.67. The number of pyridine rings is 1. The van der Waals surface area contributed by atoms with Crippen LogP contribution in [0.2, 0.25) is 0 Å². The minimum Gasteiger partial charge on any atom is -0.503 e. The Kier molecular flexibility index (Phi) is 2.75. The van der Waals surface area contributed by atoms with E-state index in [9.17, 15) is 14.4 Å². The van der Waals surface area contributed by atoms with E-state index in [-0.39, 0.29) is 4.73 Å². The molecule has 3 N–H and O–H groups in total. The number of ketones is 1. The molecule has 7 nitrogen and oxygen atoms in total. The van der Waals surface area contributed by atoms with E-state index in [4.69, 9.17) is 10.3 Å². The van der Waals surface area contributed by atoms with Crippen molar-refractivity contribution < 1.29 is 19.9 Å². The number of hydrogen-bond acceptors (Lipinski definition) is 5. The molecule has 0 radical (unpaired) electrons. The molecule has 1 heterocycles. The van der Waals surface area contributed by atoms with E-state index in [1.54, 1.807) is 0 Å². The molecule has 0 bridgehead atoms. The molecule has 0 fully saturated rings. The Labute approximate surface area is 83.5 Å². The van der Waals surface area contributed by atoms with Crippen LogP contribution in [0.5, 0.6) is 5.75 Å². The van der Waals surface area contributed by atoms with Crippen molar-refractivity contribution in [2.24, 2.45) is 0 Å². The second-order valence-electron chi connectivity index (χ2n) is 2.66. The first kappa shape index (κ1) is 10.8. The van der Waals surface area contributed by atoms with Crippen LogP contribution in [0.3, 0.4) is 0 Å². The van der Waals surface area contributed by atoms with E-state index in [0.717, 1.165) is 0 Å². The monoisotopic (exact) mass is 212 g/mol. The van der Waals surface area contributed by atoms with Gasteiger partial charge in [-0.05, 0) is 0 Å². The zero-order valence-electron chi connectivity index (χ0n) is 7.72. The van der Waals surface area contributed by atoms with Gasteiger partial charge in [-0.1, -0.05) is 0 Å². The van der Waals surface area contributed by atoms with Gasteiger partial charge in [-0.2, -0.15) is 4.73 Å². The first-order valence-corrected chi connectivity index (χ1v) is 3.88. The summed E-state index contributed by atoms with van der Waals surface area (Å²) in [4.78, 5) is 33.1. The number of likely N-dealkylation sites (N-methyl/N-ethyl adjacent to an activating group) is 1. The van der Waals surface area contributed by atoms with Gasteiger partial charge >= 0.3 is 0 Å². The van der Waals surface area contributed by atoms with Crippen molar-refractivity contribution in [3.8, 4) is 5.75 Å². The molecule has 0 atom stereocenters. The lowest BCUT2D eigenvalue weighted by Gasteiger charge is -2.04. The molecule has 1 aromatic heterocycles. The Hall–Kier alpha value is -2.31. The van der Waals surface area contributed by atoms with Crippen LogP contribution in [-0.4, -0.2) is 33.8 Å². The third-order valence-electron chi connectivity index (χ3n) is 1.68. The Morgan fingerprint density at radius 2 is 2.07 bits per heavy atom. The average Bonchev–Trinajstić information content (AvgIpc) is 2.21. The second-order valence-corrected chi connectivity index (χ2v) is 2.66.